The van der Waals surface area contributed by atoms with Crippen molar-refractivity contribution in [2.75, 3.05) is 17.2 Å². The molecule has 0 aromatic heterocycles. The number of carbonyl (C=O) groups excluding carboxylic acids is 1. The molecule has 1 aliphatic heterocycles. The van der Waals surface area contributed by atoms with Crippen molar-refractivity contribution in [3.8, 4) is 0 Å². The molecular formula is C21H25NO3S. The summed E-state index contributed by atoms with van der Waals surface area (Å²) in [5.74, 6) is 0.170. The SMILES string of the molecule is CCS(=O)(=O)c1ccccc1C(=O)N1CCCc2cc(C(C)C)ccc21. The highest BCUT2D eigenvalue weighted by Crippen LogP contribution is 2.32. The first-order valence-electron chi connectivity index (χ1n) is 9.11. The predicted octanol–water partition coefficient (Wildman–Crippen LogP) is 4.20. The van der Waals surface area contributed by atoms with Crippen LogP contribution in [0.2, 0.25) is 0 Å². The van der Waals surface area contributed by atoms with Crippen LogP contribution in [0.15, 0.2) is 47.4 Å². The fourth-order valence-electron chi connectivity index (χ4n) is 3.40. The van der Waals surface area contributed by atoms with Gasteiger partial charge in [-0.3, -0.25) is 4.79 Å². The quantitative estimate of drug-likeness (QED) is 0.809. The molecule has 1 heterocycles. The smallest absolute Gasteiger partial charge is 0.259 e. The predicted molar refractivity (Wildman–Crippen MR) is 105 cm³/mol. The van der Waals surface area contributed by atoms with Crippen molar-refractivity contribution in [2.45, 2.75) is 44.4 Å². The van der Waals surface area contributed by atoms with Crippen molar-refractivity contribution in [3.63, 3.8) is 0 Å². The maximum atomic E-state index is 13.2. The van der Waals surface area contributed by atoms with Gasteiger partial charge in [0.15, 0.2) is 9.84 Å². The van der Waals surface area contributed by atoms with Crippen molar-refractivity contribution >= 4 is 21.4 Å². The molecule has 2 aromatic carbocycles. The normalized spacial score (nSPS) is 14.4. The highest BCUT2D eigenvalue weighted by molar-refractivity contribution is 7.91. The Labute approximate surface area is 155 Å². The van der Waals surface area contributed by atoms with E-state index in [-0.39, 0.29) is 22.1 Å². The van der Waals surface area contributed by atoms with Crippen molar-refractivity contribution < 1.29 is 13.2 Å². The minimum atomic E-state index is -3.46. The van der Waals surface area contributed by atoms with Gasteiger partial charge in [0.1, 0.15) is 0 Å². The average molecular weight is 372 g/mol. The zero-order chi connectivity index (χ0) is 18.9. The van der Waals surface area contributed by atoms with E-state index in [2.05, 4.69) is 26.0 Å². The van der Waals surface area contributed by atoms with Gasteiger partial charge in [0.2, 0.25) is 0 Å². The Bertz CT molecular complexity index is 932. The molecule has 1 aliphatic rings. The lowest BCUT2D eigenvalue weighted by molar-refractivity contribution is 0.0982. The van der Waals surface area contributed by atoms with E-state index in [4.69, 9.17) is 0 Å². The second-order valence-electron chi connectivity index (χ2n) is 7.00. The summed E-state index contributed by atoms with van der Waals surface area (Å²) in [5.41, 5.74) is 3.57. The number of hydrogen-bond donors (Lipinski definition) is 0. The molecule has 3 rings (SSSR count). The lowest BCUT2D eigenvalue weighted by atomic mass is 9.94. The van der Waals surface area contributed by atoms with Gasteiger partial charge in [-0.25, -0.2) is 8.42 Å². The minimum absolute atomic E-state index is 0.0222. The van der Waals surface area contributed by atoms with Gasteiger partial charge in [-0.2, -0.15) is 0 Å². The third-order valence-corrected chi connectivity index (χ3v) is 6.75. The fraction of sp³-hybridized carbons (Fsp3) is 0.381. The molecule has 0 aliphatic carbocycles. The molecule has 138 valence electrons. The first kappa shape index (κ1) is 18.6. The molecule has 4 nitrogen and oxygen atoms in total. The van der Waals surface area contributed by atoms with Crippen molar-refractivity contribution in [1.29, 1.82) is 0 Å². The average Bonchev–Trinajstić information content (AvgIpc) is 2.66. The number of carbonyl (C=O) groups is 1. The summed E-state index contributed by atoms with van der Waals surface area (Å²) < 4.78 is 24.8. The van der Waals surface area contributed by atoms with Gasteiger partial charge < -0.3 is 4.90 Å². The standard InChI is InChI=1S/C21H25NO3S/c1-4-26(24,25)20-10-6-5-9-18(20)21(23)22-13-7-8-17-14-16(15(2)3)11-12-19(17)22/h5-6,9-12,14-15H,4,7-8,13H2,1-3H3. The van der Waals surface area contributed by atoms with Gasteiger partial charge in [0, 0.05) is 12.2 Å². The van der Waals surface area contributed by atoms with Crippen LogP contribution in [0.5, 0.6) is 0 Å². The number of amides is 1. The second-order valence-corrected chi connectivity index (χ2v) is 9.25. The van der Waals surface area contributed by atoms with Gasteiger partial charge in [-0.05, 0) is 48.1 Å². The number of anilines is 1. The lowest BCUT2D eigenvalue weighted by Gasteiger charge is -2.30. The number of sulfone groups is 1. The minimum Gasteiger partial charge on any atom is -0.308 e. The molecule has 0 N–H and O–H groups in total. The Morgan fingerprint density at radius 1 is 1.15 bits per heavy atom. The maximum Gasteiger partial charge on any atom is 0.259 e. The summed E-state index contributed by atoms with van der Waals surface area (Å²) in [7, 11) is -3.46. The number of rotatable bonds is 4. The first-order chi connectivity index (χ1) is 12.3. The molecule has 26 heavy (non-hydrogen) atoms. The van der Waals surface area contributed by atoms with E-state index in [0.29, 0.717) is 12.5 Å². The van der Waals surface area contributed by atoms with Crippen molar-refractivity contribution in [2.24, 2.45) is 0 Å². The van der Waals surface area contributed by atoms with Crippen LogP contribution in [-0.2, 0) is 16.3 Å². The summed E-state index contributed by atoms with van der Waals surface area (Å²) >= 11 is 0. The molecule has 0 spiro atoms. The largest absolute Gasteiger partial charge is 0.308 e. The number of benzene rings is 2. The van der Waals surface area contributed by atoms with Gasteiger partial charge in [-0.1, -0.05) is 45.0 Å². The molecule has 0 fully saturated rings. The van der Waals surface area contributed by atoms with E-state index in [0.717, 1.165) is 24.1 Å². The zero-order valence-electron chi connectivity index (χ0n) is 15.5. The molecule has 0 saturated carbocycles. The molecule has 0 saturated heterocycles. The topological polar surface area (TPSA) is 54.5 Å². The molecule has 1 amide bonds. The van der Waals surface area contributed by atoms with Crippen LogP contribution in [0.4, 0.5) is 5.69 Å². The Morgan fingerprint density at radius 3 is 2.58 bits per heavy atom. The van der Waals surface area contributed by atoms with E-state index >= 15 is 0 Å². The van der Waals surface area contributed by atoms with E-state index in [1.165, 1.54) is 11.6 Å². The first-order valence-corrected chi connectivity index (χ1v) is 10.8. The third-order valence-electron chi connectivity index (χ3n) is 4.97. The van der Waals surface area contributed by atoms with Crippen molar-refractivity contribution in [1.82, 2.24) is 0 Å². The van der Waals surface area contributed by atoms with Crippen LogP contribution in [0.1, 0.15) is 54.6 Å². The van der Waals surface area contributed by atoms with E-state index in [1.807, 2.05) is 6.07 Å². The Balaban J connectivity index is 2.04. The molecule has 0 unspecified atom stereocenters. The van der Waals surface area contributed by atoms with Crippen LogP contribution in [0.3, 0.4) is 0 Å². The van der Waals surface area contributed by atoms with Crippen LogP contribution in [0, 0.1) is 0 Å². The number of aryl methyl sites for hydroxylation is 1. The van der Waals surface area contributed by atoms with Gasteiger partial charge in [0.25, 0.3) is 5.91 Å². The van der Waals surface area contributed by atoms with Crippen LogP contribution in [0.25, 0.3) is 0 Å². The number of nitrogens with zero attached hydrogens (tertiary/aromatic N) is 1. The van der Waals surface area contributed by atoms with Gasteiger partial charge in [-0.15, -0.1) is 0 Å². The van der Waals surface area contributed by atoms with Gasteiger partial charge >= 0.3 is 0 Å². The molecule has 5 heteroatoms. The highest BCUT2D eigenvalue weighted by atomic mass is 32.2. The van der Waals surface area contributed by atoms with Gasteiger partial charge in [0.05, 0.1) is 16.2 Å². The summed E-state index contributed by atoms with van der Waals surface area (Å²) in [6, 6.07) is 12.8. The molecule has 0 radical (unpaired) electrons. The summed E-state index contributed by atoms with van der Waals surface area (Å²) in [5, 5.41) is 0. The van der Waals surface area contributed by atoms with E-state index < -0.39 is 9.84 Å². The van der Waals surface area contributed by atoms with E-state index in [9.17, 15) is 13.2 Å². The Kier molecular flexibility index (Phi) is 5.19. The van der Waals surface area contributed by atoms with E-state index in [1.54, 1.807) is 30.0 Å². The number of hydrogen-bond acceptors (Lipinski definition) is 3. The third kappa shape index (κ3) is 3.40. The molecule has 0 atom stereocenters. The van der Waals surface area contributed by atoms with Crippen LogP contribution >= 0.6 is 0 Å². The fourth-order valence-corrected chi connectivity index (χ4v) is 4.49. The summed E-state index contributed by atoms with van der Waals surface area (Å²) in [4.78, 5) is 15.1. The molecular weight excluding hydrogens is 346 g/mol. The lowest BCUT2D eigenvalue weighted by Crippen LogP contribution is -2.36. The maximum absolute atomic E-state index is 13.2. The second kappa shape index (κ2) is 7.23. The monoisotopic (exact) mass is 371 g/mol. The molecule has 0 bridgehead atoms. The molecule has 2 aromatic rings. The Hall–Kier alpha value is -2.14. The number of fused-ring (bicyclic) bond motifs is 1. The highest BCUT2D eigenvalue weighted by Gasteiger charge is 2.28. The summed E-state index contributed by atoms with van der Waals surface area (Å²) in [6.45, 7) is 6.51. The van der Waals surface area contributed by atoms with Crippen molar-refractivity contribution in [3.05, 3.63) is 59.2 Å². The van der Waals surface area contributed by atoms with Crippen LogP contribution < -0.4 is 4.90 Å². The van der Waals surface area contributed by atoms with Crippen LogP contribution in [-0.4, -0.2) is 26.6 Å². The summed E-state index contributed by atoms with van der Waals surface area (Å²) in [6.07, 6.45) is 1.82. The zero-order valence-corrected chi connectivity index (χ0v) is 16.3. The Morgan fingerprint density at radius 2 is 1.88 bits per heavy atom.